The third kappa shape index (κ3) is 5.47. The van der Waals surface area contributed by atoms with Crippen molar-refractivity contribution in [3.63, 3.8) is 0 Å². The Labute approximate surface area is 162 Å². The fourth-order valence-corrected chi connectivity index (χ4v) is 2.23. The highest BCUT2D eigenvalue weighted by Crippen LogP contribution is 2.28. The van der Waals surface area contributed by atoms with Gasteiger partial charge in [-0.15, -0.1) is 0 Å². The Morgan fingerprint density at radius 3 is 2.32 bits per heavy atom. The van der Waals surface area contributed by atoms with Crippen LogP contribution in [0.4, 0.5) is 0 Å². The second-order valence-corrected chi connectivity index (χ2v) is 5.66. The highest BCUT2D eigenvalue weighted by molar-refractivity contribution is 5.96. The lowest BCUT2D eigenvalue weighted by Gasteiger charge is -2.15. The van der Waals surface area contributed by atoms with Gasteiger partial charge in [-0.2, -0.15) is 0 Å². The van der Waals surface area contributed by atoms with Crippen molar-refractivity contribution in [2.75, 3.05) is 13.7 Å². The third-order valence-electron chi connectivity index (χ3n) is 3.69. The second-order valence-electron chi connectivity index (χ2n) is 5.66. The van der Waals surface area contributed by atoms with Gasteiger partial charge >= 0.3 is 5.97 Å². The number of nitrogens with one attached hydrogen (secondary N) is 2. The molecule has 148 valence electrons. The molecule has 0 heterocycles. The zero-order valence-corrected chi connectivity index (χ0v) is 15.9. The molecule has 2 rings (SSSR count). The molecule has 0 aliphatic heterocycles. The summed E-state index contributed by atoms with van der Waals surface area (Å²) >= 11 is 0. The van der Waals surface area contributed by atoms with Crippen LogP contribution in [0.15, 0.2) is 48.5 Å². The van der Waals surface area contributed by atoms with Crippen LogP contribution in [0.25, 0.3) is 0 Å². The van der Waals surface area contributed by atoms with Crippen molar-refractivity contribution in [1.29, 1.82) is 0 Å². The monoisotopic (exact) mass is 386 g/mol. The highest BCUT2D eigenvalue weighted by atomic mass is 16.5. The number of esters is 1. The molecule has 0 unspecified atom stereocenters. The van der Waals surface area contributed by atoms with Crippen LogP contribution >= 0.6 is 0 Å². The van der Waals surface area contributed by atoms with Gasteiger partial charge in [-0.3, -0.25) is 20.4 Å². The Morgan fingerprint density at radius 2 is 1.68 bits per heavy atom. The van der Waals surface area contributed by atoms with Gasteiger partial charge in [0.05, 0.1) is 19.3 Å². The number of methoxy groups -OCH3 is 1. The van der Waals surface area contributed by atoms with Crippen LogP contribution in [0.5, 0.6) is 11.5 Å². The summed E-state index contributed by atoms with van der Waals surface area (Å²) in [7, 11) is 1.46. The van der Waals surface area contributed by atoms with Gasteiger partial charge in [0.15, 0.2) is 17.6 Å². The molecule has 2 aromatic rings. The Morgan fingerprint density at radius 1 is 0.964 bits per heavy atom. The molecule has 0 aliphatic rings. The van der Waals surface area contributed by atoms with E-state index in [0.29, 0.717) is 23.7 Å². The molecule has 8 nitrogen and oxygen atoms in total. The first-order valence-corrected chi connectivity index (χ1v) is 8.63. The number of amides is 2. The van der Waals surface area contributed by atoms with Crippen LogP contribution in [0.1, 0.15) is 34.6 Å². The summed E-state index contributed by atoms with van der Waals surface area (Å²) in [5, 5.41) is 0. The Kier molecular flexibility index (Phi) is 7.38. The average Bonchev–Trinajstić information content (AvgIpc) is 2.72. The highest BCUT2D eigenvalue weighted by Gasteiger charge is 2.20. The molecule has 2 N–H and O–H groups in total. The maximum absolute atomic E-state index is 12.3. The van der Waals surface area contributed by atoms with E-state index in [1.54, 1.807) is 36.4 Å². The summed E-state index contributed by atoms with van der Waals surface area (Å²) < 4.78 is 15.7. The van der Waals surface area contributed by atoms with E-state index in [1.165, 1.54) is 26.2 Å². The maximum atomic E-state index is 12.3. The normalized spacial score (nSPS) is 11.1. The SMILES string of the molecule is CCOc1ccc(C(=O)O[C@H](C)C(=O)NNC(=O)c2ccccc2)cc1OC. The fraction of sp³-hybridized carbons (Fsp3) is 0.250. The van der Waals surface area contributed by atoms with Crippen molar-refractivity contribution in [3.8, 4) is 11.5 Å². The average molecular weight is 386 g/mol. The van der Waals surface area contributed by atoms with E-state index in [-0.39, 0.29) is 5.56 Å². The number of carbonyl (C=O) groups is 3. The number of hydrogen-bond donors (Lipinski definition) is 2. The van der Waals surface area contributed by atoms with Crippen molar-refractivity contribution in [2.24, 2.45) is 0 Å². The van der Waals surface area contributed by atoms with Crippen molar-refractivity contribution in [1.82, 2.24) is 10.9 Å². The molecule has 1 atom stereocenters. The lowest BCUT2D eigenvalue weighted by molar-refractivity contribution is -0.129. The Hall–Kier alpha value is -3.55. The van der Waals surface area contributed by atoms with Gasteiger partial charge in [-0.1, -0.05) is 18.2 Å². The van der Waals surface area contributed by atoms with Crippen LogP contribution in [-0.4, -0.2) is 37.6 Å². The molecule has 2 amide bonds. The summed E-state index contributed by atoms with van der Waals surface area (Å²) in [5.74, 6) is -0.989. The number of hydrogen-bond acceptors (Lipinski definition) is 6. The number of rotatable bonds is 7. The number of hydrazine groups is 1. The van der Waals surface area contributed by atoms with E-state index >= 15 is 0 Å². The van der Waals surface area contributed by atoms with E-state index in [9.17, 15) is 14.4 Å². The predicted octanol–water partition coefficient (Wildman–Crippen LogP) is 2.10. The van der Waals surface area contributed by atoms with Gasteiger partial charge in [0, 0.05) is 5.56 Å². The van der Waals surface area contributed by atoms with Crippen LogP contribution < -0.4 is 20.3 Å². The largest absolute Gasteiger partial charge is 0.493 e. The molecule has 0 radical (unpaired) electrons. The molecule has 28 heavy (non-hydrogen) atoms. The minimum absolute atomic E-state index is 0.202. The lowest BCUT2D eigenvalue weighted by atomic mass is 10.2. The molecule has 8 heteroatoms. The molecular formula is C20H22N2O6. The lowest BCUT2D eigenvalue weighted by Crippen LogP contribution is -2.46. The van der Waals surface area contributed by atoms with Crippen LogP contribution in [-0.2, 0) is 9.53 Å². The standard InChI is InChI=1S/C20H22N2O6/c1-4-27-16-11-10-15(12-17(16)26-3)20(25)28-13(2)18(23)21-22-19(24)14-8-6-5-7-9-14/h5-13H,4H2,1-3H3,(H,21,23)(H,22,24)/t13-/m1/s1. The first-order chi connectivity index (χ1) is 13.5. The minimum Gasteiger partial charge on any atom is -0.493 e. The van der Waals surface area contributed by atoms with Gasteiger partial charge in [0.1, 0.15) is 0 Å². The molecule has 0 fully saturated rings. The van der Waals surface area contributed by atoms with Crippen molar-refractivity contribution < 1.29 is 28.6 Å². The second kappa shape index (κ2) is 9.96. The fourth-order valence-electron chi connectivity index (χ4n) is 2.23. The first kappa shape index (κ1) is 20.8. The third-order valence-corrected chi connectivity index (χ3v) is 3.69. The zero-order chi connectivity index (χ0) is 20.5. The molecule has 0 saturated heterocycles. The zero-order valence-electron chi connectivity index (χ0n) is 15.9. The van der Waals surface area contributed by atoms with E-state index in [4.69, 9.17) is 14.2 Å². The number of carbonyl (C=O) groups excluding carboxylic acids is 3. The van der Waals surface area contributed by atoms with Gasteiger partial charge in [-0.05, 0) is 44.2 Å². The van der Waals surface area contributed by atoms with Gasteiger partial charge in [0.25, 0.3) is 11.8 Å². The van der Waals surface area contributed by atoms with Crippen LogP contribution in [0.2, 0.25) is 0 Å². The summed E-state index contributed by atoms with van der Waals surface area (Å²) in [4.78, 5) is 36.2. The van der Waals surface area contributed by atoms with E-state index < -0.39 is 23.9 Å². The van der Waals surface area contributed by atoms with E-state index in [2.05, 4.69) is 10.9 Å². The maximum Gasteiger partial charge on any atom is 0.339 e. The van der Waals surface area contributed by atoms with E-state index in [1.807, 2.05) is 6.92 Å². The molecule has 2 aromatic carbocycles. The van der Waals surface area contributed by atoms with Crippen molar-refractivity contribution >= 4 is 17.8 Å². The summed E-state index contributed by atoms with van der Waals surface area (Å²) in [6.45, 7) is 3.68. The molecule has 0 bridgehead atoms. The molecule has 0 aliphatic carbocycles. The number of ether oxygens (including phenoxy) is 3. The van der Waals surface area contributed by atoms with Gasteiger partial charge in [0.2, 0.25) is 0 Å². The van der Waals surface area contributed by atoms with Crippen LogP contribution in [0, 0.1) is 0 Å². The van der Waals surface area contributed by atoms with E-state index in [0.717, 1.165) is 0 Å². The molecule has 0 spiro atoms. The van der Waals surface area contributed by atoms with Crippen molar-refractivity contribution in [3.05, 3.63) is 59.7 Å². The summed E-state index contributed by atoms with van der Waals surface area (Å²) in [5.41, 5.74) is 5.08. The smallest absolute Gasteiger partial charge is 0.339 e. The van der Waals surface area contributed by atoms with Crippen molar-refractivity contribution in [2.45, 2.75) is 20.0 Å². The summed E-state index contributed by atoms with van der Waals surface area (Å²) in [6.07, 6.45) is -1.12. The minimum atomic E-state index is -1.12. The van der Waals surface area contributed by atoms with Gasteiger partial charge in [-0.25, -0.2) is 4.79 Å². The number of benzene rings is 2. The molecule has 0 saturated carbocycles. The summed E-state index contributed by atoms with van der Waals surface area (Å²) in [6, 6.07) is 12.9. The topological polar surface area (TPSA) is 103 Å². The Bertz CT molecular complexity index is 838. The first-order valence-electron chi connectivity index (χ1n) is 8.63. The van der Waals surface area contributed by atoms with Gasteiger partial charge < -0.3 is 14.2 Å². The quantitative estimate of drug-likeness (QED) is 0.558. The molecular weight excluding hydrogens is 364 g/mol. The Balaban J connectivity index is 1.92. The predicted molar refractivity (Wildman–Crippen MR) is 101 cm³/mol. The van der Waals surface area contributed by atoms with Crippen LogP contribution in [0.3, 0.4) is 0 Å². The molecule has 0 aromatic heterocycles.